The van der Waals surface area contributed by atoms with Crippen LogP contribution in [-0.2, 0) is 14.8 Å². The minimum Gasteiger partial charge on any atom is -0.355 e. The molecule has 1 aromatic carbocycles. The average Bonchev–Trinajstić information content (AvgIpc) is 3.21. The topological polar surface area (TPSA) is 92.5 Å². The van der Waals surface area contributed by atoms with Crippen LogP contribution in [0.3, 0.4) is 0 Å². The molecule has 0 spiro atoms. The number of hydrogen-bond donors (Lipinski definition) is 1. The Kier molecular flexibility index (Phi) is 8.38. The van der Waals surface area contributed by atoms with Crippen LogP contribution in [-0.4, -0.2) is 42.9 Å². The number of amides is 1. The number of hydrogen-bond acceptors (Lipinski definition) is 5. The van der Waals surface area contributed by atoms with Crippen LogP contribution < -0.4 is 5.32 Å². The van der Waals surface area contributed by atoms with E-state index in [-0.39, 0.29) is 47.3 Å². The second-order valence-electron chi connectivity index (χ2n) is 9.55. The summed E-state index contributed by atoms with van der Waals surface area (Å²) in [7, 11) is -3.88. The monoisotopic (exact) mass is 503 g/mol. The maximum Gasteiger partial charge on any atom is 0.248 e. The molecule has 1 saturated carbocycles. The highest BCUT2D eigenvalue weighted by Gasteiger charge is 2.36. The van der Waals surface area contributed by atoms with Crippen LogP contribution in [0.25, 0.3) is 12.2 Å². The van der Waals surface area contributed by atoms with E-state index in [2.05, 4.69) is 10.5 Å². The van der Waals surface area contributed by atoms with Gasteiger partial charge in [-0.15, -0.1) is 0 Å². The van der Waals surface area contributed by atoms with Crippen molar-refractivity contribution in [1.82, 2.24) is 14.8 Å². The van der Waals surface area contributed by atoms with Crippen molar-refractivity contribution in [3.63, 3.8) is 0 Å². The van der Waals surface area contributed by atoms with Crippen LogP contribution in [0.4, 0.5) is 4.39 Å². The number of aromatic nitrogens is 1. The zero-order valence-corrected chi connectivity index (χ0v) is 21.0. The summed E-state index contributed by atoms with van der Waals surface area (Å²) in [5.41, 5.74) is 0.573. The van der Waals surface area contributed by atoms with Crippen molar-refractivity contribution in [3.05, 3.63) is 47.1 Å². The van der Waals surface area contributed by atoms with Gasteiger partial charge in [0.05, 0.1) is 0 Å². The Labute approximate surface area is 206 Å². The Morgan fingerprint density at radius 1 is 1.06 bits per heavy atom. The SMILES string of the molecule is Cc1noc(/C=C/c2ccccc2F)c1S(=O)(=O)N1CCC(C(=O)NC2CCCCCCC2)CC1. The Morgan fingerprint density at radius 3 is 2.40 bits per heavy atom. The van der Waals surface area contributed by atoms with E-state index in [9.17, 15) is 17.6 Å². The van der Waals surface area contributed by atoms with Crippen molar-refractivity contribution in [2.24, 2.45) is 5.92 Å². The Morgan fingerprint density at radius 2 is 1.71 bits per heavy atom. The van der Waals surface area contributed by atoms with E-state index in [1.54, 1.807) is 25.1 Å². The van der Waals surface area contributed by atoms with Gasteiger partial charge in [0.15, 0.2) is 10.7 Å². The molecule has 1 aliphatic carbocycles. The number of halogens is 1. The first-order valence-corrected chi connectivity index (χ1v) is 14.0. The van der Waals surface area contributed by atoms with Crippen LogP contribution in [0.15, 0.2) is 33.7 Å². The maximum absolute atomic E-state index is 14.0. The number of aryl methyl sites for hydroxylation is 1. The highest BCUT2D eigenvalue weighted by atomic mass is 32.2. The second-order valence-corrected chi connectivity index (χ2v) is 11.4. The van der Waals surface area contributed by atoms with Gasteiger partial charge in [0, 0.05) is 30.6 Å². The van der Waals surface area contributed by atoms with E-state index in [0.29, 0.717) is 18.4 Å². The number of nitrogens with zero attached hydrogens (tertiary/aromatic N) is 2. The van der Waals surface area contributed by atoms with Gasteiger partial charge in [0.2, 0.25) is 15.9 Å². The summed E-state index contributed by atoms with van der Waals surface area (Å²) in [6, 6.07) is 6.44. The Balaban J connectivity index is 1.40. The summed E-state index contributed by atoms with van der Waals surface area (Å²) in [6.45, 7) is 2.09. The van der Waals surface area contributed by atoms with Crippen molar-refractivity contribution in [2.75, 3.05) is 13.1 Å². The van der Waals surface area contributed by atoms with Gasteiger partial charge in [-0.1, -0.05) is 55.5 Å². The smallest absolute Gasteiger partial charge is 0.248 e. The van der Waals surface area contributed by atoms with E-state index >= 15 is 0 Å². The standard InChI is InChI=1S/C26H34FN3O4S/c1-19-25(24(34-29-19)14-13-20-9-7-8-12-23(20)27)35(32,33)30-17-15-21(16-18-30)26(31)28-22-10-5-3-2-4-6-11-22/h7-9,12-14,21-22H,2-6,10-11,15-18H2,1H3,(H,28,31)/b14-13+. The van der Waals surface area contributed by atoms with Crippen LogP contribution in [0.5, 0.6) is 0 Å². The molecule has 2 aromatic rings. The number of piperidine rings is 1. The Bertz CT molecular complexity index is 1150. The van der Waals surface area contributed by atoms with Crippen LogP contribution in [0.1, 0.15) is 74.8 Å². The molecular formula is C26H34FN3O4S. The first-order valence-electron chi connectivity index (χ1n) is 12.6. The largest absolute Gasteiger partial charge is 0.355 e. The molecule has 0 bridgehead atoms. The van der Waals surface area contributed by atoms with Gasteiger partial charge in [-0.25, -0.2) is 12.8 Å². The summed E-state index contributed by atoms with van der Waals surface area (Å²) in [4.78, 5) is 12.8. The van der Waals surface area contributed by atoms with Crippen molar-refractivity contribution in [3.8, 4) is 0 Å². The number of rotatable bonds is 6. The number of benzene rings is 1. The van der Waals surface area contributed by atoms with Crippen molar-refractivity contribution in [1.29, 1.82) is 0 Å². The molecule has 2 fully saturated rings. The summed E-state index contributed by atoms with van der Waals surface area (Å²) >= 11 is 0. The molecule has 1 aliphatic heterocycles. The molecule has 1 saturated heterocycles. The lowest BCUT2D eigenvalue weighted by atomic mass is 9.94. The van der Waals surface area contributed by atoms with E-state index in [1.807, 2.05) is 0 Å². The van der Waals surface area contributed by atoms with E-state index < -0.39 is 15.8 Å². The summed E-state index contributed by atoms with van der Waals surface area (Å²) in [6.07, 6.45) is 11.9. The molecule has 0 radical (unpaired) electrons. The molecule has 190 valence electrons. The van der Waals surface area contributed by atoms with Gasteiger partial charge in [-0.05, 0) is 50.8 Å². The highest BCUT2D eigenvalue weighted by molar-refractivity contribution is 7.89. The minimum absolute atomic E-state index is 0.0116. The van der Waals surface area contributed by atoms with Gasteiger partial charge in [0.1, 0.15) is 11.5 Å². The first-order chi connectivity index (χ1) is 16.9. The summed E-state index contributed by atoms with van der Waals surface area (Å²) < 4.78 is 47.5. The molecular weight excluding hydrogens is 469 g/mol. The van der Waals surface area contributed by atoms with Gasteiger partial charge < -0.3 is 9.84 Å². The molecule has 1 aromatic heterocycles. The van der Waals surface area contributed by atoms with Crippen molar-refractivity contribution in [2.45, 2.75) is 75.6 Å². The number of sulfonamides is 1. The van der Waals surface area contributed by atoms with Gasteiger partial charge in [-0.3, -0.25) is 4.79 Å². The highest BCUT2D eigenvalue weighted by Crippen LogP contribution is 2.29. The molecule has 2 aliphatic rings. The second kappa shape index (κ2) is 11.5. The fourth-order valence-electron chi connectivity index (χ4n) is 4.98. The zero-order valence-electron chi connectivity index (χ0n) is 20.2. The fourth-order valence-corrected chi connectivity index (χ4v) is 6.70. The van der Waals surface area contributed by atoms with Crippen molar-refractivity contribution >= 4 is 28.1 Å². The molecule has 35 heavy (non-hydrogen) atoms. The maximum atomic E-state index is 14.0. The first kappa shape index (κ1) is 25.6. The fraction of sp³-hybridized carbons (Fsp3) is 0.538. The van der Waals surface area contributed by atoms with Gasteiger partial charge in [-0.2, -0.15) is 4.31 Å². The predicted molar refractivity (Wildman–Crippen MR) is 132 cm³/mol. The van der Waals surface area contributed by atoms with E-state index in [4.69, 9.17) is 4.52 Å². The summed E-state index contributed by atoms with van der Waals surface area (Å²) in [5.74, 6) is -0.489. The lowest BCUT2D eigenvalue weighted by Crippen LogP contribution is -2.45. The van der Waals surface area contributed by atoms with Crippen LogP contribution in [0.2, 0.25) is 0 Å². The third kappa shape index (κ3) is 6.19. The molecule has 1 N–H and O–H groups in total. The molecule has 9 heteroatoms. The third-order valence-electron chi connectivity index (χ3n) is 7.03. The average molecular weight is 504 g/mol. The minimum atomic E-state index is -3.88. The quantitative estimate of drug-likeness (QED) is 0.604. The molecule has 0 unspecified atom stereocenters. The van der Waals surface area contributed by atoms with E-state index in [0.717, 1.165) is 25.7 Å². The van der Waals surface area contributed by atoms with Crippen molar-refractivity contribution < 1.29 is 22.1 Å². The third-order valence-corrected chi connectivity index (χ3v) is 9.08. The van der Waals surface area contributed by atoms with E-state index in [1.165, 1.54) is 41.8 Å². The molecule has 2 heterocycles. The van der Waals surface area contributed by atoms with Gasteiger partial charge in [0.25, 0.3) is 0 Å². The Hall–Kier alpha value is -2.52. The zero-order chi connectivity index (χ0) is 24.8. The number of carbonyl (C=O) groups excluding carboxylic acids is 1. The molecule has 0 atom stereocenters. The molecule has 4 rings (SSSR count). The predicted octanol–water partition coefficient (Wildman–Crippen LogP) is 4.92. The van der Waals surface area contributed by atoms with Gasteiger partial charge >= 0.3 is 0 Å². The number of carbonyl (C=O) groups is 1. The normalized spacial score (nSPS) is 19.5. The van der Waals surface area contributed by atoms with Crippen LogP contribution in [0, 0.1) is 18.7 Å². The lowest BCUT2D eigenvalue weighted by molar-refractivity contribution is -0.127. The lowest BCUT2D eigenvalue weighted by Gasteiger charge is -2.31. The molecule has 7 nitrogen and oxygen atoms in total. The molecule has 1 amide bonds. The summed E-state index contributed by atoms with van der Waals surface area (Å²) in [5, 5.41) is 7.07. The number of nitrogens with one attached hydrogen (secondary N) is 1. The van der Waals surface area contributed by atoms with Crippen LogP contribution >= 0.6 is 0 Å².